The van der Waals surface area contributed by atoms with Gasteiger partial charge >= 0.3 is 0 Å². The highest BCUT2D eigenvalue weighted by Crippen LogP contribution is 2.23. The fourth-order valence-electron chi connectivity index (χ4n) is 3.89. The molecule has 0 unspecified atom stereocenters. The summed E-state index contributed by atoms with van der Waals surface area (Å²) in [4.78, 5) is 31.9. The Bertz CT molecular complexity index is 674. The van der Waals surface area contributed by atoms with Crippen molar-refractivity contribution >= 4 is 11.9 Å². The molecule has 0 bridgehead atoms. The standard InChI is InChI=1S/C19H30N4O3/c1-14-5-7-15(8-6-14)20-17(24)12-23-18(25)11-16(13-26-2)21-19(23)22-9-3-4-10-22/h11,14-15H,3-10,12-13H2,1-2H3,(H,20,24). The fourth-order valence-corrected chi connectivity index (χ4v) is 3.89. The lowest BCUT2D eigenvalue weighted by atomic mass is 9.87. The van der Waals surface area contributed by atoms with Gasteiger partial charge in [0.1, 0.15) is 6.54 Å². The summed E-state index contributed by atoms with van der Waals surface area (Å²) in [6.07, 6.45) is 6.50. The van der Waals surface area contributed by atoms with Crippen LogP contribution < -0.4 is 15.8 Å². The third kappa shape index (κ3) is 4.63. The zero-order valence-corrected chi connectivity index (χ0v) is 15.9. The number of aromatic nitrogens is 2. The Hall–Kier alpha value is -1.89. The van der Waals surface area contributed by atoms with Crippen LogP contribution in [0.4, 0.5) is 5.95 Å². The summed E-state index contributed by atoms with van der Waals surface area (Å²) in [7, 11) is 1.58. The smallest absolute Gasteiger partial charge is 0.255 e. The number of hydrogen-bond donors (Lipinski definition) is 1. The fraction of sp³-hybridized carbons (Fsp3) is 0.737. The van der Waals surface area contributed by atoms with Crippen molar-refractivity contribution in [2.24, 2.45) is 5.92 Å². The first-order chi connectivity index (χ1) is 12.6. The zero-order chi connectivity index (χ0) is 18.5. The van der Waals surface area contributed by atoms with Gasteiger partial charge in [-0.05, 0) is 44.4 Å². The molecule has 7 heteroatoms. The third-order valence-electron chi connectivity index (χ3n) is 5.40. The van der Waals surface area contributed by atoms with Crippen molar-refractivity contribution in [2.45, 2.75) is 64.6 Å². The molecule has 2 heterocycles. The van der Waals surface area contributed by atoms with E-state index in [0.717, 1.165) is 57.5 Å². The third-order valence-corrected chi connectivity index (χ3v) is 5.40. The largest absolute Gasteiger partial charge is 0.378 e. The van der Waals surface area contributed by atoms with E-state index in [1.54, 1.807) is 7.11 Å². The second-order valence-electron chi connectivity index (χ2n) is 7.62. The maximum atomic E-state index is 12.6. The first-order valence-corrected chi connectivity index (χ1v) is 9.71. The molecule has 0 atom stereocenters. The number of carbonyl (C=O) groups is 1. The van der Waals surface area contributed by atoms with Gasteiger partial charge in [0, 0.05) is 32.3 Å². The molecule has 2 aliphatic rings. The predicted octanol–water partition coefficient (Wildman–Crippen LogP) is 1.68. The van der Waals surface area contributed by atoms with Gasteiger partial charge < -0.3 is 15.0 Å². The summed E-state index contributed by atoms with van der Waals surface area (Å²) in [5, 5.41) is 3.10. The minimum atomic E-state index is -0.193. The van der Waals surface area contributed by atoms with Gasteiger partial charge in [0.25, 0.3) is 5.56 Å². The normalized spacial score (nSPS) is 23.2. The molecular formula is C19H30N4O3. The Balaban J connectivity index is 1.75. The van der Waals surface area contributed by atoms with Gasteiger partial charge in [-0.1, -0.05) is 6.92 Å². The molecule has 1 N–H and O–H groups in total. The highest BCUT2D eigenvalue weighted by atomic mass is 16.5. The van der Waals surface area contributed by atoms with E-state index in [9.17, 15) is 9.59 Å². The molecule has 26 heavy (non-hydrogen) atoms. The molecule has 0 radical (unpaired) electrons. The van der Waals surface area contributed by atoms with Crippen LogP contribution >= 0.6 is 0 Å². The quantitative estimate of drug-likeness (QED) is 0.833. The number of hydrogen-bond acceptors (Lipinski definition) is 5. The van der Waals surface area contributed by atoms with Gasteiger partial charge in [0.15, 0.2) is 0 Å². The molecule has 3 rings (SSSR count). The average Bonchev–Trinajstić information content (AvgIpc) is 3.14. The molecular weight excluding hydrogens is 332 g/mol. The van der Waals surface area contributed by atoms with Crippen LogP contribution in [0, 0.1) is 5.92 Å². The van der Waals surface area contributed by atoms with E-state index in [0.29, 0.717) is 18.2 Å². The van der Waals surface area contributed by atoms with Gasteiger partial charge in [-0.2, -0.15) is 0 Å². The molecule has 1 aromatic rings. The van der Waals surface area contributed by atoms with Gasteiger partial charge in [-0.15, -0.1) is 0 Å². The molecule has 0 aromatic carbocycles. The monoisotopic (exact) mass is 362 g/mol. The molecule has 1 saturated carbocycles. The van der Waals surface area contributed by atoms with Crippen molar-refractivity contribution in [3.8, 4) is 0 Å². The van der Waals surface area contributed by atoms with Crippen LogP contribution in [0.15, 0.2) is 10.9 Å². The minimum Gasteiger partial charge on any atom is -0.378 e. The number of nitrogens with zero attached hydrogens (tertiary/aromatic N) is 3. The lowest BCUT2D eigenvalue weighted by molar-refractivity contribution is -0.122. The highest BCUT2D eigenvalue weighted by molar-refractivity contribution is 5.76. The number of nitrogens with one attached hydrogen (secondary N) is 1. The molecule has 1 amide bonds. The molecule has 7 nitrogen and oxygen atoms in total. The van der Waals surface area contributed by atoms with E-state index < -0.39 is 0 Å². The maximum absolute atomic E-state index is 12.6. The van der Waals surface area contributed by atoms with Gasteiger partial charge in [0.2, 0.25) is 11.9 Å². The zero-order valence-electron chi connectivity index (χ0n) is 15.9. The van der Waals surface area contributed by atoms with E-state index in [1.807, 2.05) is 0 Å². The first-order valence-electron chi connectivity index (χ1n) is 9.71. The summed E-state index contributed by atoms with van der Waals surface area (Å²) in [5.41, 5.74) is 0.415. The maximum Gasteiger partial charge on any atom is 0.255 e. The molecule has 0 spiro atoms. The van der Waals surface area contributed by atoms with E-state index in [-0.39, 0.29) is 24.1 Å². The van der Waals surface area contributed by atoms with Crippen LogP contribution in [-0.2, 0) is 22.7 Å². The number of ether oxygens (including phenoxy) is 1. The van der Waals surface area contributed by atoms with E-state index in [4.69, 9.17) is 4.74 Å². The second-order valence-corrected chi connectivity index (χ2v) is 7.62. The Kier molecular flexibility index (Phi) is 6.29. The number of anilines is 1. The predicted molar refractivity (Wildman–Crippen MR) is 100 cm³/mol. The Morgan fingerprint density at radius 1 is 1.27 bits per heavy atom. The second kappa shape index (κ2) is 8.66. The van der Waals surface area contributed by atoms with E-state index >= 15 is 0 Å². The van der Waals surface area contributed by atoms with Crippen molar-refractivity contribution in [1.82, 2.24) is 14.9 Å². The Morgan fingerprint density at radius 3 is 2.62 bits per heavy atom. The SMILES string of the molecule is COCc1cc(=O)n(CC(=O)NC2CCC(C)CC2)c(N2CCCC2)n1. The molecule has 1 aromatic heterocycles. The number of rotatable bonds is 6. The summed E-state index contributed by atoms with van der Waals surface area (Å²) in [5.74, 6) is 1.23. The number of carbonyl (C=O) groups excluding carboxylic acids is 1. The summed E-state index contributed by atoms with van der Waals surface area (Å²) in [6, 6.07) is 1.70. The van der Waals surface area contributed by atoms with Crippen molar-refractivity contribution in [2.75, 3.05) is 25.1 Å². The molecule has 1 saturated heterocycles. The number of amides is 1. The van der Waals surface area contributed by atoms with Crippen LogP contribution in [0.5, 0.6) is 0 Å². The van der Waals surface area contributed by atoms with Gasteiger partial charge in [-0.25, -0.2) is 4.98 Å². The lowest BCUT2D eigenvalue weighted by Gasteiger charge is -2.27. The van der Waals surface area contributed by atoms with E-state index in [2.05, 4.69) is 22.1 Å². The number of methoxy groups -OCH3 is 1. The van der Waals surface area contributed by atoms with Crippen molar-refractivity contribution < 1.29 is 9.53 Å². The van der Waals surface area contributed by atoms with E-state index in [1.165, 1.54) is 10.6 Å². The average molecular weight is 362 g/mol. The summed E-state index contributed by atoms with van der Waals surface area (Å²) < 4.78 is 6.63. The Labute approximate surface area is 154 Å². The van der Waals surface area contributed by atoms with Crippen molar-refractivity contribution in [3.05, 3.63) is 22.1 Å². The lowest BCUT2D eigenvalue weighted by Crippen LogP contribution is -2.42. The van der Waals surface area contributed by atoms with Gasteiger partial charge in [0.05, 0.1) is 12.3 Å². The van der Waals surface area contributed by atoms with Crippen LogP contribution in [0.2, 0.25) is 0 Å². The topological polar surface area (TPSA) is 76.5 Å². The molecule has 1 aliphatic carbocycles. The molecule has 2 fully saturated rings. The van der Waals surface area contributed by atoms with Crippen molar-refractivity contribution in [1.29, 1.82) is 0 Å². The van der Waals surface area contributed by atoms with Crippen LogP contribution in [0.25, 0.3) is 0 Å². The summed E-state index contributed by atoms with van der Waals surface area (Å²) >= 11 is 0. The minimum absolute atomic E-state index is 0.0248. The van der Waals surface area contributed by atoms with Gasteiger partial charge in [-0.3, -0.25) is 14.2 Å². The van der Waals surface area contributed by atoms with Crippen LogP contribution in [0.3, 0.4) is 0 Å². The highest BCUT2D eigenvalue weighted by Gasteiger charge is 2.23. The first kappa shape index (κ1) is 18.9. The van der Waals surface area contributed by atoms with Crippen LogP contribution in [-0.4, -0.2) is 41.7 Å². The summed E-state index contributed by atoms with van der Waals surface area (Å²) in [6.45, 7) is 4.31. The Morgan fingerprint density at radius 2 is 1.96 bits per heavy atom. The molecule has 1 aliphatic heterocycles. The van der Waals surface area contributed by atoms with Crippen LogP contribution in [0.1, 0.15) is 51.1 Å². The molecule has 144 valence electrons. The van der Waals surface area contributed by atoms with Crippen molar-refractivity contribution in [3.63, 3.8) is 0 Å².